The summed E-state index contributed by atoms with van der Waals surface area (Å²) in [7, 11) is 0. The van der Waals surface area contributed by atoms with E-state index >= 15 is 0 Å². The molecule has 160 valence electrons. The highest BCUT2D eigenvalue weighted by Gasteiger charge is 2.50. The van der Waals surface area contributed by atoms with E-state index < -0.39 is 0 Å². The van der Waals surface area contributed by atoms with Crippen molar-refractivity contribution in [3.8, 4) is 0 Å². The van der Waals surface area contributed by atoms with Gasteiger partial charge < -0.3 is 9.47 Å². The van der Waals surface area contributed by atoms with Crippen LogP contribution in [0.1, 0.15) is 104 Å². The summed E-state index contributed by atoms with van der Waals surface area (Å²) in [6.07, 6.45) is 15.0. The largest absolute Gasteiger partial charge is 0.466 e. The minimum Gasteiger partial charge on any atom is -0.466 e. The van der Waals surface area contributed by atoms with Crippen molar-refractivity contribution in [3.63, 3.8) is 0 Å². The zero-order valence-electron chi connectivity index (χ0n) is 18.0. The Bertz CT molecular complexity index is 491. The number of ether oxygens (including phenoxy) is 2. The molecule has 0 amide bonds. The summed E-state index contributed by atoms with van der Waals surface area (Å²) >= 11 is 0. The molecule has 0 aliphatic heterocycles. The van der Waals surface area contributed by atoms with Crippen LogP contribution in [0.15, 0.2) is 0 Å². The molecule has 4 saturated carbocycles. The van der Waals surface area contributed by atoms with Gasteiger partial charge in [0.25, 0.3) is 0 Å². The minimum absolute atomic E-state index is 0.0220. The second-order valence-corrected chi connectivity index (χ2v) is 10.0. The summed E-state index contributed by atoms with van der Waals surface area (Å²) in [5.74, 6) is 2.48. The highest BCUT2D eigenvalue weighted by molar-refractivity contribution is 5.72. The van der Waals surface area contributed by atoms with Crippen LogP contribution >= 0.6 is 0 Å². The first-order valence-electron chi connectivity index (χ1n) is 11.8. The Labute approximate surface area is 171 Å². The van der Waals surface area contributed by atoms with Crippen LogP contribution in [0.3, 0.4) is 0 Å². The van der Waals surface area contributed by atoms with E-state index in [-0.39, 0.29) is 18.0 Å². The monoisotopic (exact) mass is 392 g/mol. The number of carbonyl (C=O) groups excluding carboxylic acids is 2. The summed E-state index contributed by atoms with van der Waals surface area (Å²) in [6.45, 7) is 4.68. The first kappa shape index (κ1) is 21.6. The number of unbranched alkanes of at least 4 members (excludes halogenated alkanes) is 2. The molecule has 0 aromatic carbocycles. The maximum Gasteiger partial charge on any atom is 0.306 e. The molecule has 4 heteroatoms. The van der Waals surface area contributed by atoms with Gasteiger partial charge in [0.1, 0.15) is 0 Å². The van der Waals surface area contributed by atoms with Crippen molar-refractivity contribution >= 4 is 11.9 Å². The van der Waals surface area contributed by atoms with Crippen molar-refractivity contribution in [1.29, 1.82) is 0 Å². The van der Waals surface area contributed by atoms with Gasteiger partial charge in [0.2, 0.25) is 0 Å². The Morgan fingerprint density at radius 2 is 1.54 bits per heavy atom. The Kier molecular flexibility index (Phi) is 7.82. The molecule has 0 heterocycles. The maximum absolute atomic E-state index is 12.0. The van der Waals surface area contributed by atoms with Crippen molar-refractivity contribution in [1.82, 2.24) is 0 Å². The van der Waals surface area contributed by atoms with Crippen molar-refractivity contribution < 1.29 is 19.1 Å². The summed E-state index contributed by atoms with van der Waals surface area (Å²) in [5, 5.41) is 0. The fourth-order valence-electron chi connectivity index (χ4n) is 6.45. The van der Waals surface area contributed by atoms with Crippen LogP contribution < -0.4 is 0 Å². The van der Waals surface area contributed by atoms with Gasteiger partial charge in [-0.05, 0) is 94.3 Å². The van der Waals surface area contributed by atoms with Crippen molar-refractivity contribution in [2.75, 3.05) is 6.61 Å². The second-order valence-electron chi connectivity index (χ2n) is 10.0. The molecule has 4 aliphatic rings. The fraction of sp³-hybridized carbons (Fsp3) is 0.917. The molecule has 0 aromatic rings. The molecule has 0 radical (unpaired) electrons. The summed E-state index contributed by atoms with van der Waals surface area (Å²) < 4.78 is 10.9. The van der Waals surface area contributed by atoms with E-state index in [0.29, 0.717) is 31.3 Å². The van der Waals surface area contributed by atoms with Gasteiger partial charge in [-0.15, -0.1) is 0 Å². The third-order valence-corrected chi connectivity index (χ3v) is 7.37. The maximum atomic E-state index is 12.0. The highest BCUT2D eigenvalue weighted by atomic mass is 16.5. The standard InChI is InChI=1S/C24H40O4/c1-3-4-5-7-18(2)28-23(26)9-6-8-22(25)27-11-10-24-15-19-12-20(16-24)14-21(13-19)17-24/h18-21H,3-17H2,1-2H3. The van der Waals surface area contributed by atoms with Crippen LogP contribution in [0.5, 0.6) is 0 Å². The molecule has 4 rings (SSSR count). The van der Waals surface area contributed by atoms with Gasteiger partial charge in [-0.1, -0.05) is 19.8 Å². The van der Waals surface area contributed by atoms with E-state index in [2.05, 4.69) is 6.92 Å². The van der Waals surface area contributed by atoms with Crippen LogP contribution in [0.25, 0.3) is 0 Å². The van der Waals surface area contributed by atoms with Gasteiger partial charge >= 0.3 is 11.9 Å². The smallest absolute Gasteiger partial charge is 0.306 e. The minimum atomic E-state index is -0.189. The number of hydrogen-bond donors (Lipinski definition) is 0. The average Bonchev–Trinajstić information content (AvgIpc) is 2.60. The molecule has 0 spiro atoms. The third kappa shape index (κ3) is 6.22. The van der Waals surface area contributed by atoms with E-state index in [0.717, 1.165) is 37.0 Å². The van der Waals surface area contributed by atoms with Gasteiger partial charge in [0.05, 0.1) is 12.7 Å². The second kappa shape index (κ2) is 10.1. The Balaban J connectivity index is 1.25. The predicted molar refractivity (Wildman–Crippen MR) is 110 cm³/mol. The highest BCUT2D eigenvalue weighted by Crippen LogP contribution is 2.61. The summed E-state index contributed by atoms with van der Waals surface area (Å²) in [5.41, 5.74) is 0.465. The van der Waals surface area contributed by atoms with Gasteiger partial charge in [-0.3, -0.25) is 9.59 Å². The Morgan fingerprint density at radius 1 is 0.929 bits per heavy atom. The lowest BCUT2D eigenvalue weighted by Crippen LogP contribution is -2.46. The molecule has 4 bridgehead atoms. The molecule has 28 heavy (non-hydrogen) atoms. The molecule has 1 atom stereocenters. The normalized spacial score (nSPS) is 31.6. The number of rotatable bonds is 12. The predicted octanol–water partition coefficient (Wildman–Crippen LogP) is 5.82. The van der Waals surface area contributed by atoms with Crippen LogP contribution in [-0.4, -0.2) is 24.6 Å². The first-order valence-corrected chi connectivity index (χ1v) is 11.8. The lowest BCUT2D eigenvalue weighted by molar-refractivity contribution is -0.149. The molecule has 0 aromatic heterocycles. The zero-order chi connectivity index (χ0) is 20.0. The first-order chi connectivity index (χ1) is 13.5. The van der Waals surface area contributed by atoms with Gasteiger partial charge in [-0.2, -0.15) is 0 Å². The van der Waals surface area contributed by atoms with Crippen molar-refractivity contribution in [2.45, 2.75) is 110 Å². The SMILES string of the molecule is CCCCCC(C)OC(=O)CCCC(=O)OCCC12CC3CC(CC(C3)C1)C2. The van der Waals surface area contributed by atoms with E-state index in [4.69, 9.17) is 9.47 Å². The molecular formula is C24H40O4. The van der Waals surface area contributed by atoms with E-state index in [1.54, 1.807) is 0 Å². The number of carbonyl (C=O) groups is 2. The van der Waals surface area contributed by atoms with Crippen LogP contribution in [0.4, 0.5) is 0 Å². The van der Waals surface area contributed by atoms with Gasteiger partial charge in [-0.25, -0.2) is 0 Å². The van der Waals surface area contributed by atoms with Crippen LogP contribution in [0.2, 0.25) is 0 Å². The zero-order valence-corrected chi connectivity index (χ0v) is 18.0. The summed E-state index contributed by atoms with van der Waals surface area (Å²) in [4.78, 5) is 23.9. The van der Waals surface area contributed by atoms with Crippen LogP contribution in [-0.2, 0) is 19.1 Å². The molecule has 1 unspecified atom stereocenters. The average molecular weight is 393 g/mol. The van der Waals surface area contributed by atoms with Crippen molar-refractivity contribution in [3.05, 3.63) is 0 Å². The van der Waals surface area contributed by atoms with Crippen molar-refractivity contribution in [2.24, 2.45) is 23.2 Å². The van der Waals surface area contributed by atoms with Gasteiger partial charge in [0.15, 0.2) is 0 Å². The third-order valence-electron chi connectivity index (χ3n) is 7.37. The number of esters is 2. The number of hydrogen-bond acceptors (Lipinski definition) is 4. The van der Waals surface area contributed by atoms with Crippen LogP contribution in [0, 0.1) is 23.2 Å². The molecule has 0 N–H and O–H groups in total. The molecule has 4 aliphatic carbocycles. The molecule has 4 fully saturated rings. The Morgan fingerprint density at radius 3 is 2.14 bits per heavy atom. The van der Waals surface area contributed by atoms with E-state index in [1.807, 2.05) is 6.92 Å². The topological polar surface area (TPSA) is 52.6 Å². The molecular weight excluding hydrogens is 352 g/mol. The van der Waals surface area contributed by atoms with E-state index in [1.165, 1.54) is 51.4 Å². The van der Waals surface area contributed by atoms with Gasteiger partial charge in [0, 0.05) is 12.8 Å². The summed E-state index contributed by atoms with van der Waals surface area (Å²) in [6, 6.07) is 0. The van der Waals surface area contributed by atoms with E-state index in [9.17, 15) is 9.59 Å². The fourth-order valence-corrected chi connectivity index (χ4v) is 6.45. The lowest BCUT2D eigenvalue weighted by atomic mass is 9.49. The molecule has 0 saturated heterocycles. The molecule has 4 nitrogen and oxygen atoms in total. The Hall–Kier alpha value is -1.06. The lowest BCUT2D eigenvalue weighted by Gasteiger charge is -2.57. The quantitative estimate of drug-likeness (QED) is 0.310.